The molecule has 3 heteroatoms. The van der Waals surface area contributed by atoms with Gasteiger partial charge in [0.15, 0.2) is 0 Å². The second-order valence-electron chi connectivity index (χ2n) is 8.43. The van der Waals surface area contributed by atoms with Crippen molar-refractivity contribution in [2.75, 3.05) is 0 Å². The van der Waals surface area contributed by atoms with E-state index in [0.29, 0.717) is 24.2 Å². The number of fused-ring (bicyclic) bond motifs is 5. The number of halogens is 1. The van der Waals surface area contributed by atoms with Crippen LogP contribution in [-0.4, -0.2) is 22.5 Å². The molecule has 0 amide bonds. The SMILES string of the molecule is CC[C@@H]1Cc2cc(O)ccc2[C@@H]2[C@@H]1[C@@H]1C[C@@H](O)C[C@@]1(C)C[C@@H]2F. The largest absolute Gasteiger partial charge is 0.508 e. The van der Waals surface area contributed by atoms with Crippen LogP contribution in [0.5, 0.6) is 5.75 Å². The number of phenolic OH excluding ortho intramolecular Hbond substituents is 1. The molecule has 4 rings (SSSR count). The third-order valence-corrected chi connectivity index (χ3v) is 7.09. The average molecular weight is 318 g/mol. The second kappa shape index (κ2) is 5.20. The topological polar surface area (TPSA) is 40.5 Å². The van der Waals surface area contributed by atoms with E-state index in [2.05, 4.69) is 13.8 Å². The van der Waals surface area contributed by atoms with Gasteiger partial charge in [-0.1, -0.05) is 26.3 Å². The van der Waals surface area contributed by atoms with Crippen molar-refractivity contribution in [3.8, 4) is 5.75 Å². The first-order valence-corrected chi connectivity index (χ1v) is 9.07. The predicted octanol–water partition coefficient (Wildman–Crippen LogP) is 4.19. The number of alkyl halides is 1. The van der Waals surface area contributed by atoms with E-state index in [1.165, 1.54) is 0 Å². The maximum atomic E-state index is 15.3. The number of aliphatic hydroxyl groups excluding tert-OH is 1. The Kier molecular flexibility index (Phi) is 3.49. The van der Waals surface area contributed by atoms with Gasteiger partial charge in [-0.2, -0.15) is 0 Å². The van der Waals surface area contributed by atoms with E-state index in [0.717, 1.165) is 36.8 Å². The van der Waals surface area contributed by atoms with Crippen molar-refractivity contribution in [3.63, 3.8) is 0 Å². The first-order valence-electron chi connectivity index (χ1n) is 9.07. The minimum absolute atomic E-state index is 0.0537. The fourth-order valence-corrected chi connectivity index (χ4v) is 6.22. The van der Waals surface area contributed by atoms with Gasteiger partial charge in [-0.15, -0.1) is 0 Å². The molecule has 23 heavy (non-hydrogen) atoms. The van der Waals surface area contributed by atoms with Crippen LogP contribution in [0, 0.1) is 23.2 Å². The van der Waals surface area contributed by atoms with Gasteiger partial charge < -0.3 is 10.2 Å². The van der Waals surface area contributed by atoms with Gasteiger partial charge in [0.1, 0.15) is 11.9 Å². The smallest absolute Gasteiger partial charge is 0.115 e. The standard InChI is InChI=1S/C20H27FO2/c1-3-11-6-12-7-13(22)4-5-15(12)19-17(21)10-20(2)9-14(23)8-16(20)18(11)19/h4-5,7,11,14,16-19,22-23H,3,6,8-10H2,1-2H3/t11-,14-,16+,17+,18+,19+,20+/m1/s1. The van der Waals surface area contributed by atoms with Crippen molar-refractivity contribution in [1.82, 2.24) is 0 Å². The fraction of sp³-hybridized carbons (Fsp3) is 0.700. The molecule has 0 spiro atoms. The van der Waals surface area contributed by atoms with E-state index in [9.17, 15) is 10.2 Å². The summed E-state index contributed by atoms with van der Waals surface area (Å²) < 4.78 is 15.3. The Morgan fingerprint density at radius 1 is 1.30 bits per heavy atom. The summed E-state index contributed by atoms with van der Waals surface area (Å²) in [5.74, 6) is 1.41. The van der Waals surface area contributed by atoms with E-state index in [1.807, 2.05) is 12.1 Å². The maximum absolute atomic E-state index is 15.3. The van der Waals surface area contributed by atoms with Crippen LogP contribution in [0.4, 0.5) is 4.39 Å². The molecule has 126 valence electrons. The molecule has 0 unspecified atom stereocenters. The van der Waals surface area contributed by atoms with Crippen molar-refractivity contribution in [2.45, 2.75) is 64.1 Å². The number of hydrogen-bond donors (Lipinski definition) is 2. The molecule has 7 atom stereocenters. The van der Waals surface area contributed by atoms with Gasteiger partial charge in [0, 0.05) is 5.92 Å². The highest BCUT2D eigenvalue weighted by atomic mass is 19.1. The van der Waals surface area contributed by atoms with Gasteiger partial charge in [0.2, 0.25) is 0 Å². The molecule has 2 nitrogen and oxygen atoms in total. The Bertz CT molecular complexity index is 616. The number of aliphatic hydroxyl groups is 1. The van der Waals surface area contributed by atoms with Crippen molar-refractivity contribution >= 4 is 0 Å². The zero-order valence-corrected chi connectivity index (χ0v) is 14.0. The molecule has 2 N–H and O–H groups in total. The monoisotopic (exact) mass is 318 g/mol. The van der Waals surface area contributed by atoms with Crippen molar-refractivity contribution in [2.24, 2.45) is 23.2 Å². The molecule has 2 fully saturated rings. The normalized spacial score (nSPS) is 45.2. The van der Waals surface area contributed by atoms with Gasteiger partial charge in [0.05, 0.1) is 6.10 Å². The number of hydrogen-bond acceptors (Lipinski definition) is 2. The van der Waals surface area contributed by atoms with E-state index in [-0.39, 0.29) is 23.2 Å². The van der Waals surface area contributed by atoms with Crippen LogP contribution >= 0.6 is 0 Å². The first-order chi connectivity index (χ1) is 10.9. The van der Waals surface area contributed by atoms with Crippen molar-refractivity contribution in [1.29, 1.82) is 0 Å². The Balaban J connectivity index is 1.81. The molecule has 3 aliphatic carbocycles. The molecule has 3 aliphatic rings. The summed E-state index contributed by atoms with van der Waals surface area (Å²) in [4.78, 5) is 0. The Morgan fingerprint density at radius 2 is 2.09 bits per heavy atom. The average Bonchev–Trinajstić information content (AvgIpc) is 2.79. The van der Waals surface area contributed by atoms with Crippen LogP contribution in [0.3, 0.4) is 0 Å². The summed E-state index contributed by atoms with van der Waals surface area (Å²) in [6.45, 7) is 4.38. The molecule has 2 saturated carbocycles. The zero-order chi connectivity index (χ0) is 16.4. The number of benzene rings is 1. The van der Waals surface area contributed by atoms with Crippen molar-refractivity contribution in [3.05, 3.63) is 29.3 Å². The Hall–Kier alpha value is -1.09. The Morgan fingerprint density at radius 3 is 2.83 bits per heavy atom. The van der Waals surface area contributed by atoms with Crippen LogP contribution in [0.25, 0.3) is 0 Å². The molecule has 0 saturated heterocycles. The molecule has 0 bridgehead atoms. The third-order valence-electron chi connectivity index (χ3n) is 7.09. The molecular weight excluding hydrogens is 291 g/mol. The summed E-state index contributed by atoms with van der Waals surface area (Å²) in [5.41, 5.74) is 2.18. The zero-order valence-electron chi connectivity index (χ0n) is 14.0. The maximum Gasteiger partial charge on any atom is 0.115 e. The van der Waals surface area contributed by atoms with Gasteiger partial charge >= 0.3 is 0 Å². The van der Waals surface area contributed by atoms with E-state index in [4.69, 9.17) is 0 Å². The summed E-state index contributed by atoms with van der Waals surface area (Å²) in [5, 5.41) is 20.0. The lowest BCUT2D eigenvalue weighted by atomic mass is 9.52. The number of aromatic hydroxyl groups is 1. The highest BCUT2D eigenvalue weighted by molar-refractivity contribution is 5.41. The van der Waals surface area contributed by atoms with Gasteiger partial charge in [0.25, 0.3) is 0 Å². The molecule has 1 aromatic rings. The molecule has 1 aromatic carbocycles. The van der Waals surface area contributed by atoms with Gasteiger partial charge in [-0.3, -0.25) is 0 Å². The number of phenols is 1. The van der Waals surface area contributed by atoms with E-state index in [1.54, 1.807) is 6.07 Å². The second-order valence-corrected chi connectivity index (χ2v) is 8.43. The van der Waals surface area contributed by atoms with E-state index < -0.39 is 6.17 Å². The summed E-state index contributed by atoms with van der Waals surface area (Å²) in [6.07, 6.45) is 2.99. The van der Waals surface area contributed by atoms with Crippen LogP contribution in [0.15, 0.2) is 18.2 Å². The van der Waals surface area contributed by atoms with E-state index >= 15 is 4.39 Å². The fourth-order valence-electron chi connectivity index (χ4n) is 6.22. The third kappa shape index (κ3) is 2.23. The molecule has 0 heterocycles. The lowest BCUT2D eigenvalue weighted by Gasteiger charge is -2.53. The lowest BCUT2D eigenvalue weighted by Crippen LogP contribution is -2.48. The Labute approximate surface area is 137 Å². The molecule has 0 aromatic heterocycles. The summed E-state index contributed by atoms with van der Waals surface area (Å²) in [6, 6.07) is 5.47. The van der Waals surface area contributed by atoms with Gasteiger partial charge in [-0.05, 0) is 72.1 Å². The first kappa shape index (κ1) is 15.4. The highest BCUT2D eigenvalue weighted by Gasteiger charge is 2.58. The van der Waals surface area contributed by atoms with Crippen LogP contribution in [-0.2, 0) is 6.42 Å². The minimum Gasteiger partial charge on any atom is -0.508 e. The predicted molar refractivity (Wildman–Crippen MR) is 88.2 cm³/mol. The number of rotatable bonds is 1. The minimum atomic E-state index is -0.843. The van der Waals surface area contributed by atoms with Crippen LogP contribution in [0.2, 0.25) is 0 Å². The van der Waals surface area contributed by atoms with Crippen LogP contribution in [0.1, 0.15) is 56.6 Å². The summed E-state index contributed by atoms with van der Waals surface area (Å²) >= 11 is 0. The van der Waals surface area contributed by atoms with Crippen molar-refractivity contribution < 1.29 is 14.6 Å². The molecule has 0 radical (unpaired) electrons. The molecular formula is C20H27FO2. The summed E-state index contributed by atoms with van der Waals surface area (Å²) in [7, 11) is 0. The lowest BCUT2D eigenvalue weighted by molar-refractivity contribution is -0.0246. The van der Waals surface area contributed by atoms with Gasteiger partial charge in [-0.25, -0.2) is 4.39 Å². The quantitative estimate of drug-likeness (QED) is 0.815. The van der Waals surface area contributed by atoms with Crippen LogP contribution < -0.4 is 0 Å². The molecule has 0 aliphatic heterocycles. The highest BCUT2D eigenvalue weighted by Crippen LogP contribution is 2.63.